The molecule has 0 aliphatic rings. The van der Waals surface area contributed by atoms with Gasteiger partial charge in [0.15, 0.2) is 0 Å². The van der Waals surface area contributed by atoms with Crippen LogP contribution in [0.25, 0.3) is 0 Å². The van der Waals surface area contributed by atoms with Crippen LogP contribution in [-0.2, 0) is 5.41 Å². The molecular weight excluding hydrogens is 278 g/mol. The molecule has 1 rings (SSSR count). The van der Waals surface area contributed by atoms with E-state index in [0.29, 0.717) is 0 Å². The Morgan fingerprint density at radius 3 is 2.16 bits per heavy atom. The lowest BCUT2D eigenvalue weighted by molar-refractivity contribution is -0.150. The van der Waals surface area contributed by atoms with Gasteiger partial charge in [0, 0.05) is 9.75 Å². The van der Waals surface area contributed by atoms with Gasteiger partial charge in [0.05, 0.1) is 0 Å². The van der Waals surface area contributed by atoms with Gasteiger partial charge in [-0.05, 0) is 24.1 Å². The first-order valence-corrected chi connectivity index (χ1v) is 6.92. The monoisotopic (exact) mass is 297 g/mol. The smallest absolute Gasteiger partial charge is 0.304 e. The highest BCUT2D eigenvalue weighted by molar-refractivity contribution is 7.12. The lowest BCUT2D eigenvalue weighted by Gasteiger charge is -2.26. The van der Waals surface area contributed by atoms with Crippen molar-refractivity contribution in [1.82, 2.24) is 5.32 Å². The third kappa shape index (κ3) is 3.69. The fourth-order valence-electron chi connectivity index (χ4n) is 1.67. The average molecular weight is 297 g/mol. The number of alkyl halides is 4. The summed E-state index contributed by atoms with van der Waals surface area (Å²) in [6.07, 6.45) is -3.68. The second-order valence-electron chi connectivity index (χ2n) is 5.42. The molecule has 1 unspecified atom stereocenters. The van der Waals surface area contributed by atoms with Crippen LogP contribution < -0.4 is 5.32 Å². The van der Waals surface area contributed by atoms with Gasteiger partial charge in [-0.1, -0.05) is 27.7 Å². The number of rotatable bonds is 5. The van der Waals surface area contributed by atoms with Crippen molar-refractivity contribution >= 4 is 11.3 Å². The molecule has 0 saturated carbocycles. The Kier molecular flexibility index (Phi) is 5.01. The van der Waals surface area contributed by atoms with Crippen LogP contribution in [0.4, 0.5) is 17.6 Å². The zero-order valence-electron chi connectivity index (χ0n) is 11.4. The highest BCUT2D eigenvalue weighted by Crippen LogP contribution is 2.41. The predicted molar refractivity (Wildman–Crippen MR) is 70.4 cm³/mol. The van der Waals surface area contributed by atoms with Gasteiger partial charge in [-0.2, -0.15) is 8.78 Å². The Morgan fingerprint density at radius 1 is 1.21 bits per heavy atom. The Hall–Kier alpha value is -0.620. The van der Waals surface area contributed by atoms with Crippen LogP contribution in [-0.4, -0.2) is 18.9 Å². The normalized spacial score (nSPS) is 15.0. The molecule has 0 bridgehead atoms. The van der Waals surface area contributed by atoms with Crippen LogP contribution in [0, 0.1) is 0 Å². The summed E-state index contributed by atoms with van der Waals surface area (Å²) in [7, 11) is 0. The van der Waals surface area contributed by atoms with Crippen LogP contribution in [0.2, 0.25) is 0 Å². The van der Waals surface area contributed by atoms with E-state index in [0.717, 1.165) is 16.2 Å². The van der Waals surface area contributed by atoms with Crippen LogP contribution in [0.15, 0.2) is 12.1 Å². The molecule has 0 amide bonds. The third-order valence-electron chi connectivity index (χ3n) is 2.73. The number of hydrogen-bond donors (Lipinski definition) is 1. The number of thiophene rings is 1. The van der Waals surface area contributed by atoms with Crippen LogP contribution in [0.3, 0.4) is 0 Å². The molecule has 1 N–H and O–H groups in total. The van der Waals surface area contributed by atoms with E-state index in [-0.39, 0.29) is 16.8 Å². The first kappa shape index (κ1) is 16.4. The minimum atomic E-state index is -4.07. The predicted octanol–water partition coefficient (Wildman–Crippen LogP) is 4.60. The van der Waals surface area contributed by atoms with Crippen LogP contribution >= 0.6 is 11.3 Å². The molecule has 0 saturated heterocycles. The number of hydrogen-bond acceptors (Lipinski definition) is 2. The molecule has 0 aliphatic heterocycles. The molecule has 0 radical (unpaired) electrons. The van der Waals surface area contributed by atoms with E-state index in [2.05, 4.69) is 5.32 Å². The van der Waals surface area contributed by atoms with E-state index in [1.54, 1.807) is 13.0 Å². The van der Waals surface area contributed by atoms with Crippen molar-refractivity contribution in [2.75, 3.05) is 6.54 Å². The average Bonchev–Trinajstić information content (AvgIpc) is 2.73. The van der Waals surface area contributed by atoms with Gasteiger partial charge in [-0.15, -0.1) is 11.3 Å². The van der Waals surface area contributed by atoms with Crippen molar-refractivity contribution in [1.29, 1.82) is 0 Å². The summed E-state index contributed by atoms with van der Waals surface area (Å²) in [5, 5.41) is 2.47. The maximum atomic E-state index is 13.6. The molecule has 110 valence electrons. The van der Waals surface area contributed by atoms with Gasteiger partial charge in [-0.25, -0.2) is 8.78 Å². The maximum absolute atomic E-state index is 13.6. The summed E-state index contributed by atoms with van der Waals surface area (Å²) in [5.74, 6) is -4.07. The zero-order valence-corrected chi connectivity index (χ0v) is 12.3. The lowest BCUT2D eigenvalue weighted by Crippen LogP contribution is -2.42. The van der Waals surface area contributed by atoms with E-state index < -0.39 is 18.4 Å². The van der Waals surface area contributed by atoms with Crippen molar-refractivity contribution in [3.05, 3.63) is 21.9 Å². The fourth-order valence-corrected chi connectivity index (χ4v) is 2.86. The first-order chi connectivity index (χ1) is 8.60. The fraction of sp³-hybridized carbons (Fsp3) is 0.692. The van der Waals surface area contributed by atoms with Gasteiger partial charge in [0.2, 0.25) is 0 Å². The summed E-state index contributed by atoms with van der Waals surface area (Å²) in [6.45, 7) is 7.69. The summed E-state index contributed by atoms with van der Waals surface area (Å²) < 4.78 is 52.2. The quantitative estimate of drug-likeness (QED) is 0.783. The SMILES string of the molecule is CCNC(c1ccc(C(C)(C)C)s1)C(F)(F)C(F)F. The molecule has 1 heterocycles. The summed E-state index contributed by atoms with van der Waals surface area (Å²) >= 11 is 1.16. The highest BCUT2D eigenvalue weighted by Gasteiger charge is 2.49. The first-order valence-electron chi connectivity index (χ1n) is 6.10. The Morgan fingerprint density at radius 2 is 1.79 bits per heavy atom. The van der Waals surface area contributed by atoms with Crippen molar-refractivity contribution in [3.8, 4) is 0 Å². The van der Waals surface area contributed by atoms with Gasteiger partial charge in [-0.3, -0.25) is 0 Å². The van der Waals surface area contributed by atoms with E-state index in [1.807, 2.05) is 20.8 Å². The Balaban J connectivity index is 3.10. The molecule has 1 aromatic heterocycles. The van der Waals surface area contributed by atoms with Crippen LogP contribution in [0.1, 0.15) is 43.5 Å². The van der Waals surface area contributed by atoms with Gasteiger partial charge >= 0.3 is 12.3 Å². The van der Waals surface area contributed by atoms with E-state index >= 15 is 0 Å². The Bertz CT molecular complexity index is 409. The molecule has 6 heteroatoms. The molecule has 19 heavy (non-hydrogen) atoms. The second kappa shape index (κ2) is 5.79. The maximum Gasteiger partial charge on any atom is 0.327 e. The number of halogens is 4. The third-order valence-corrected chi connectivity index (χ3v) is 4.31. The molecule has 0 fully saturated rings. The molecule has 1 nitrogen and oxygen atoms in total. The highest BCUT2D eigenvalue weighted by atomic mass is 32.1. The van der Waals surface area contributed by atoms with E-state index in [1.165, 1.54) is 6.07 Å². The van der Waals surface area contributed by atoms with Gasteiger partial charge in [0.25, 0.3) is 0 Å². The molecule has 1 atom stereocenters. The lowest BCUT2D eigenvalue weighted by atomic mass is 9.95. The molecule has 0 spiro atoms. The Labute approximate surface area is 115 Å². The zero-order chi connectivity index (χ0) is 14.8. The van der Waals surface area contributed by atoms with Crippen LogP contribution in [0.5, 0.6) is 0 Å². The molecular formula is C13H19F4NS. The summed E-state index contributed by atoms with van der Waals surface area (Å²) in [5.41, 5.74) is -0.181. The molecule has 0 aliphatic carbocycles. The van der Waals surface area contributed by atoms with Gasteiger partial charge < -0.3 is 5.32 Å². The summed E-state index contributed by atoms with van der Waals surface area (Å²) in [4.78, 5) is 1.15. The standard InChI is InChI=1S/C13H19F4NS/c1-5-18-10(13(16,17)11(14)15)8-6-7-9(19-8)12(2,3)4/h6-7,10-11,18H,5H2,1-4H3. The minimum absolute atomic E-state index is 0.181. The second-order valence-corrected chi connectivity index (χ2v) is 6.53. The van der Waals surface area contributed by atoms with Gasteiger partial charge in [0.1, 0.15) is 6.04 Å². The van der Waals surface area contributed by atoms with E-state index in [9.17, 15) is 17.6 Å². The topological polar surface area (TPSA) is 12.0 Å². The summed E-state index contributed by atoms with van der Waals surface area (Å²) in [6, 6.07) is 1.60. The van der Waals surface area contributed by atoms with Crippen molar-refractivity contribution in [2.24, 2.45) is 0 Å². The van der Waals surface area contributed by atoms with E-state index in [4.69, 9.17) is 0 Å². The van der Waals surface area contributed by atoms with Crippen molar-refractivity contribution in [3.63, 3.8) is 0 Å². The number of nitrogens with one attached hydrogen (secondary N) is 1. The molecule has 0 aromatic carbocycles. The minimum Gasteiger partial charge on any atom is -0.304 e. The molecule has 1 aromatic rings. The van der Waals surface area contributed by atoms with Crippen molar-refractivity contribution in [2.45, 2.75) is 51.5 Å². The largest absolute Gasteiger partial charge is 0.327 e. The van der Waals surface area contributed by atoms with Crippen molar-refractivity contribution < 1.29 is 17.6 Å².